The van der Waals surface area contributed by atoms with E-state index in [1.807, 2.05) is 18.2 Å². The third-order valence-corrected chi connectivity index (χ3v) is 5.42. The van der Waals surface area contributed by atoms with Gasteiger partial charge in [0, 0.05) is 18.7 Å². The molecule has 11 heteroatoms. The molecule has 0 unspecified atom stereocenters. The van der Waals surface area contributed by atoms with Gasteiger partial charge in [0.05, 0.1) is 17.0 Å². The molecule has 0 aliphatic carbocycles. The maximum atomic E-state index is 12.6. The van der Waals surface area contributed by atoms with Crippen molar-refractivity contribution in [3.05, 3.63) is 76.2 Å². The van der Waals surface area contributed by atoms with Gasteiger partial charge in [-0.3, -0.25) is 24.1 Å². The lowest BCUT2D eigenvalue weighted by Gasteiger charge is -2.13. The quantitative estimate of drug-likeness (QED) is 0.597. The Balaban J connectivity index is 1.44. The normalized spacial score (nSPS) is 15.1. The average Bonchev–Trinajstić information content (AvgIpc) is 3.05. The summed E-state index contributed by atoms with van der Waals surface area (Å²) < 4.78 is 37.7. The standard InChI is InChI=1S/C22H18F3N3O4S/c23-22(24,25)16-8-6-15(7-9-16)19(30)27-13-18(29)26-10-11-28-20(31)17(33-21(28)32)12-14-4-2-1-3-5-14/h1-9,12H,10-11,13H2,(H,26,29)(H,27,30)/b17-12-. The lowest BCUT2D eigenvalue weighted by molar-refractivity contribution is -0.137. The van der Waals surface area contributed by atoms with Crippen molar-refractivity contribution < 1.29 is 32.3 Å². The Morgan fingerprint density at radius 1 is 0.970 bits per heavy atom. The molecule has 3 rings (SSSR count). The molecule has 0 radical (unpaired) electrons. The lowest BCUT2D eigenvalue weighted by atomic mass is 10.1. The summed E-state index contributed by atoms with van der Waals surface area (Å²) in [6.45, 7) is -0.489. The van der Waals surface area contributed by atoms with Crippen LogP contribution in [0.3, 0.4) is 0 Å². The van der Waals surface area contributed by atoms with Gasteiger partial charge in [-0.2, -0.15) is 13.2 Å². The van der Waals surface area contributed by atoms with Crippen LogP contribution in [0.4, 0.5) is 18.0 Å². The molecule has 1 saturated heterocycles. The fraction of sp³-hybridized carbons (Fsp3) is 0.182. The van der Waals surface area contributed by atoms with E-state index in [1.165, 1.54) is 0 Å². The molecule has 2 aromatic carbocycles. The van der Waals surface area contributed by atoms with Gasteiger partial charge in [-0.05, 0) is 47.7 Å². The zero-order valence-electron chi connectivity index (χ0n) is 17.0. The Kier molecular flexibility index (Phi) is 7.54. The van der Waals surface area contributed by atoms with Crippen LogP contribution in [-0.2, 0) is 15.8 Å². The van der Waals surface area contributed by atoms with Crippen LogP contribution in [-0.4, -0.2) is 47.5 Å². The summed E-state index contributed by atoms with van der Waals surface area (Å²) in [4.78, 5) is 49.7. The number of hydrogen-bond donors (Lipinski definition) is 2. The minimum Gasteiger partial charge on any atom is -0.353 e. The van der Waals surface area contributed by atoms with Crippen LogP contribution in [0.2, 0.25) is 0 Å². The molecule has 33 heavy (non-hydrogen) atoms. The molecule has 4 amide bonds. The van der Waals surface area contributed by atoms with E-state index in [0.717, 1.165) is 46.5 Å². The fourth-order valence-electron chi connectivity index (χ4n) is 2.84. The van der Waals surface area contributed by atoms with E-state index >= 15 is 0 Å². The maximum Gasteiger partial charge on any atom is 0.416 e. The molecule has 7 nitrogen and oxygen atoms in total. The predicted octanol–water partition coefficient (Wildman–Crippen LogP) is 3.29. The minimum atomic E-state index is -4.51. The minimum absolute atomic E-state index is 0.0222. The summed E-state index contributed by atoms with van der Waals surface area (Å²) in [6, 6.07) is 12.6. The van der Waals surface area contributed by atoms with Gasteiger partial charge in [0.15, 0.2) is 0 Å². The second-order valence-electron chi connectivity index (χ2n) is 6.85. The zero-order valence-corrected chi connectivity index (χ0v) is 17.8. The molecular formula is C22H18F3N3O4S. The number of halogens is 3. The monoisotopic (exact) mass is 477 g/mol. The number of carbonyl (C=O) groups excluding carboxylic acids is 4. The van der Waals surface area contributed by atoms with E-state index in [9.17, 15) is 32.3 Å². The first-order valence-electron chi connectivity index (χ1n) is 9.68. The van der Waals surface area contributed by atoms with E-state index in [4.69, 9.17) is 0 Å². The Hall–Kier alpha value is -3.60. The molecule has 172 valence electrons. The molecule has 0 aromatic heterocycles. The van der Waals surface area contributed by atoms with E-state index in [2.05, 4.69) is 10.6 Å². The second-order valence-corrected chi connectivity index (χ2v) is 7.84. The molecule has 1 heterocycles. The highest BCUT2D eigenvalue weighted by Crippen LogP contribution is 2.32. The summed E-state index contributed by atoms with van der Waals surface area (Å²) in [6.07, 6.45) is -2.90. The molecule has 2 N–H and O–H groups in total. The van der Waals surface area contributed by atoms with Gasteiger partial charge in [0.25, 0.3) is 17.1 Å². The highest BCUT2D eigenvalue weighted by atomic mass is 32.2. The van der Waals surface area contributed by atoms with Crippen molar-refractivity contribution in [1.29, 1.82) is 0 Å². The molecule has 2 aromatic rings. The molecule has 0 saturated carbocycles. The second kappa shape index (κ2) is 10.3. The molecule has 1 fully saturated rings. The summed E-state index contributed by atoms with van der Waals surface area (Å²) in [5, 5.41) is 4.32. The lowest BCUT2D eigenvalue weighted by Crippen LogP contribution is -2.41. The Morgan fingerprint density at radius 3 is 2.27 bits per heavy atom. The van der Waals surface area contributed by atoms with Crippen molar-refractivity contribution in [3.8, 4) is 0 Å². The summed E-state index contributed by atoms with van der Waals surface area (Å²) in [5.41, 5.74) is -0.137. The molecule has 0 atom stereocenters. The smallest absolute Gasteiger partial charge is 0.353 e. The number of thioether (sulfide) groups is 1. The van der Waals surface area contributed by atoms with Gasteiger partial charge in [-0.1, -0.05) is 30.3 Å². The first kappa shape index (κ1) is 24.1. The zero-order chi connectivity index (χ0) is 24.0. The molecule has 1 aliphatic heterocycles. The highest BCUT2D eigenvalue weighted by molar-refractivity contribution is 8.18. The molecular weight excluding hydrogens is 459 g/mol. The van der Waals surface area contributed by atoms with E-state index in [0.29, 0.717) is 0 Å². The number of rotatable bonds is 7. The van der Waals surface area contributed by atoms with Crippen molar-refractivity contribution in [3.63, 3.8) is 0 Å². The van der Waals surface area contributed by atoms with Crippen molar-refractivity contribution >= 4 is 40.8 Å². The fourth-order valence-corrected chi connectivity index (χ4v) is 3.70. The predicted molar refractivity (Wildman–Crippen MR) is 116 cm³/mol. The van der Waals surface area contributed by atoms with Crippen LogP contribution in [0.15, 0.2) is 59.5 Å². The number of hydrogen-bond acceptors (Lipinski definition) is 5. The number of nitrogens with one attached hydrogen (secondary N) is 2. The Labute approximate surface area is 191 Å². The van der Waals surface area contributed by atoms with Gasteiger partial charge < -0.3 is 10.6 Å². The SMILES string of the molecule is O=C(CNC(=O)c1ccc(C(F)(F)F)cc1)NCCN1C(=O)S/C(=C\c2ccccc2)C1=O. The first-order chi connectivity index (χ1) is 15.6. The third kappa shape index (κ3) is 6.45. The Bertz CT molecular complexity index is 1090. The van der Waals surface area contributed by atoms with Gasteiger partial charge in [0.2, 0.25) is 5.91 Å². The molecule has 1 aliphatic rings. The Morgan fingerprint density at radius 2 is 1.64 bits per heavy atom. The number of carbonyl (C=O) groups is 4. The summed E-state index contributed by atoms with van der Waals surface area (Å²) in [5.74, 6) is -1.75. The molecule has 0 bridgehead atoms. The van der Waals surface area contributed by atoms with Gasteiger partial charge in [0.1, 0.15) is 0 Å². The van der Waals surface area contributed by atoms with Gasteiger partial charge in [-0.15, -0.1) is 0 Å². The van der Waals surface area contributed by atoms with Crippen molar-refractivity contribution in [1.82, 2.24) is 15.5 Å². The van der Waals surface area contributed by atoms with Crippen LogP contribution < -0.4 is 10.6 Å². The largest absolute Gasteiger partial charge is 0.416 e. The first-order valence-corrected chi connectivity index (χ1v) is 10.5. The van der Waals surface area contributed by atoms with Crippen LogP contribution in [0, 0.1) is 0 Å². The van der Waals surface area contributed by atoms with E-state index in [-0.39, 0.29) is 23.6 Å². The van der Waals surface area contributed by atoms with Crippen LogP contribution in [0.1, 0.15) is 21.5 Å². The third-order valence-electron chi connectivity index (χ3n) is 4.51. The van der Waals surface area contributed by atoms with E-state index in [1.54, 1.807) is 18.2 Å². The number of benzene rings is 2. The average molecular weight is 477 g/mol. The number of imide groups is 1. The number of amides is 4. The topological polar surface area (TPSA) is 95.6 Å². The van der Waals surface area contributed by atoms with Crippen LogP contribution in [0.25, 0.3) is 6.08 Å². The van der Waals surface area contributed by atoms with Crippen molar-refractivity contribution in [2.24, 2.45) is 0 Å². The summed E-state index contributed by atoms with van der Waals surface area (Å²) >= 11 is 0.808. The van der Waals surface area contributed by atoms with E-state index < -0.39 is 41.2 Å². The van der Waals surface area contributed by atoms with Crippen LogP contribution >= 0.6 is 11.8 Å². The highest BCUT2D eigenvalue weighted by Gasteiger charge is 2.34. The molecule has 0 spiro atoms. The van der Waals surface area contributed by atoms with Crippen molar-refractivity contribution in [2.75, 3.05) is 19.6 Å². The van der Waals surface area contributed by atoms with Gasteiger partial charge in [-0.25, -0.2) is 0 Å². The van der Waals surface area contributed by atoms with Crippen molar-refractivity contribution in [2.45, 2.75) is 6.18 Å². The number of alkyl halides is 3. The van der Waals surface area contributed by atoms with Crippen LogP contribution in [0.5, 0.6) is 0 Å². The number of nitrogens with zero attached hydrogens (tertiary/aromatic N) is 1. The summed E-state index contributed by atoms with van der Waals surface area (Å²) in [7, 11) is 0. The van der Waals surface area contributed by atoms with Gasteiger partial charge >= 0.3 is 6.18 Å². The maximum absolute atomic E-state index is 12.6.